The molecular formula is C19H26ClNO5. The molecule has 0 radical (unpaired) electrons. The quantitative estimate of drug-likeness (QED) is 0.690. The Morgan fingerprint density at radius 2 is 2.15 bits per heavy atom. The Balaban J connectivity index is 2.43. The summed E-state index contributed by atoms with van der Waals surface area (Å²) in [6.07, 6.45) is 1.98. The number of hydrogen-bond acceptors (Lipinski definition) is 6. The number of benzene rings is 1. The van der Waals surface area contributed by atoms with Gasteiger partial charge in [0, 0.05) is 19.7 Å². The summed E-state index contributed by atoms with van der Waals surface area (Å²) in [4.78, 5) is 14.1. The Hall–Kier alpha value is -1.92. The summed E-state index contributed by atoms with van der Waals surface area (Å²) in [6.45, 7) is 2.98. The van der Waals surface area contributed by atoms with Gasteiger partial charge in [0.15, 0.2) is 0 Å². The van der Waals surface area contributed by atoms with E-state index in [4.69, 9.17) is 25.8 Å². The maximum atomic E-state index is 12.2. The number of anilines is 1. The summed E-state index contributed by atoms with van der Waals surface area (Å²) in [5, 5.41) is 11.3. The first-order valence-electron chi connectivity index (χ1n) is 8.71. The van der Waals surface area contributed by atoms with Crippen LogP contribution in [0.25, 0.3) is 0 Å². The lowest BCUT2D eigenvalue weighted by Gasteiger charge is -2.36. The van der Waals surface area contributed by atoms with Crippen molar-refractivity contribution in [3.63, 3.8) is 0 Å². The fourth-order valence-corrected chi connectivity index (χ4v) is 3.37. The molecule has 1 aromatic carbocycles. The Morgan fingerprint density at radius 3 is 2.81 bits per heavy atom. The first kappa shape index (κ1) is 20.4. The van der Waals surface area contributed by atoms with Crippen molar-refractivity contribution >= 4 is 23.3 Å². The van der Waals surface area contributed by atoms with Gasteiger partial charge >= 0.3 is 5.97 Å². The third kappa shape index (κ3) is 4.62. The molecule has 2 rings (SSSR count). The molecule has 7 heteroatoms. The molecule has 0 bridgehead atoms. The van der Waals surface area contributed by atoms with Crippen molar-refractivity contribution in [2.45, 2.75) is 32.2 Å². The van der Waals surface area contributed by atoms with Crippen molar-refractivity contribution in [3.8, 4) is 5.75 Å². The fourth-order valence-electron chi connectivity index (χ4n) is 3.14. The Morgan fingerprint density at radius 1 is 1.38 bits per heavy atom. The van der Waals surface area contributed by atoms with Crippen LogP contribution in [0.1, 0.15) is 26.2 Å². The highest BCUT2D eigenvalue weighted by Crippen LogP contribution is 2.36. The van der Waals surface area contributed by atoms with E-state index in [0.717, 1.165) is 12.1 Å². The summed E-state index contributed by atoms with van der Waals surface area (Å²) in [5.41, 5.74) is 1.06. The van der Waals surface area contributed by atoms with E-state index in [2.05, 4.69) is 0 Å². The van der Waals surface area contributed by atoms with Crippen molar-refractivity contribution in [3.05, 3.63) is 34.6 Å². The lowest BCUT2D eigenvalue weighted by molar-refractivity contribution is -0.139. The molecule has 0 aliphatic heterocycles. The molecule has 0 heterocycles. The number of carbonyl (C=O) groups is 1. The van der Waals surface area contributed by atoms with Crippen LogP contribution in [0, 0.1) is 0 Å². The molecule has 1 aromatic rings. The molecule has 1 aliphatic carbocycles. The molecule has 1 aliphatic rings. The molecule has 1 N–H and O–H groups in total. The van der Waals surface area contributed by atoms with Crippen LogP contribution >= 0.6 is 11.6 Å². The zero-order chi connectivity index (χ0) is 19.1. The standard InChI is InChI=1S/C19H26ClNO5/c1-4-26-19(23)14-6-5-7-16(18(14)22)21(10-11-24-2)17-12-13(25-3)8-9-15(17)20/h8-9,12,16,22H,4-7,10-11H2,1-3H3. The molecule has 0 fully saturated rings. The number of ether oxygens (including phenoxy) is 3. The minimum atomic E-state index is -0.460. The molecule has 0 saturated heterocycles. The monoisotopic (exact) mass is 383 g/mol. The van der Waals surface area contributed by atoms with Crippen molar-refractivity contribution in [2.75, 3.05) is 38.9 Å². The molecule has 0 aromatic heterocycles. The number of halogens is 1. The topological polar surface area (TPSA) is 68.2 Å². The highest BCUT2D eigenvalue weighted by atomic mass is 35.5. The minimum Gasteiger partial charge on any atom is -0.510 e. The van der Waals surface area contributed by atoms with Gasteiger partial charge in [0.2, 0.25) is 0 Å². The number of methoxy groups -OCH3 is 2. The van der Waals surface area contributed by atoms with E-state index in [1.54, 1.807) is 33.3 Å². The molecule has 0 spiro atoms. The average Bonchev–Trinajstić information content (AvgIpc) is 2.64. The zero-order valence-electron chi connectivity index (χ0n) is 15.5. The summed E-state index contributed by atoms with van der Waals surface area (Å²) >= 11 is 6.42. The van der Waals surface area contributed by atoms with Gasteiger partial charge in [-0.1, -0.05) is 11.6 Å². The van der Waals surface area contributed by atoms with Gasteiger partial charge < -0.3 is 24.2 Å². The number of aliphatic hydroxyl groups excluding tert-OH is 1. The van der Waals surface area contributed by atoms with E-state index >= 15 is 0 Å². The van der Waals surface area contributed by atoms with E-state index in [1.807, 2.05) is 11.0 Å². The van der Waals surface area contributed by atoms with E-state index in [-0.39, 0.29) is 18.4 Å². The van der Waals surface area contributed by atoms with E-state index in [1.165, 1.54) is 0 Å². The number of hydrogen-bond donors (Lipinski definition) is 1. The second-order valence-corrected chi connectivity index (χ2v) is 6.40. The number of aliphatic hydroxyl groups is 1. The van der Waals surface area contributed by atoms with Crippen molar-refractivity contribution in [1.29, 1.82) is 0 Å². The average molecular weight is 384 g/mol. The van der Waals surface area contributed by atoms with Gasteiger partial charge in [-0.25, -0.2) is 4.79 Å². The lowest BCUT2D eigenvalue weighted by atomic mass is 9.92. The largest absolute Gasteiger partial charge is 0.510 e. The Labute approximate surface area is 159 Å². The first-order valence-corrected chi connectivity index (χ1v) is 9.09. The zero-order valence-corrected chi connectivity index (χ0v) is 16.2. The van der Waals surface area contributed by atoms with Crippen LogP contribution in [0.2, 0.25) is 5.02 Å². The van der Waals surface area contributed by atoms with Gasteiger partial charge in [-0.2, -0.15) is 0 Å². The van der Waals surface area contributed by atoms with E-state index in [9.17, 15) is 9.90 Å². The second kappa shape index (κ2) is 9.69. The van der Waals surface area contributed by atoms with Crippen LogP contribution in [-0.2, 0) is 14.3 Å². The molecule has 144 valence electrons. The van der Waals surface area contributed by atoms with Gasteiger partial charge in [-0.15, -0.1) is 0 Å². The smallest absolute Gasteiger partial charge is 0.337 e. The molecule has 0 amide bonds. The summed E-state index contributed by atoms with van der Waals surface area (Å²) in [7, 11) is 3.20. The minimum absolute atomic E-state index is 0.0460. The number of nitrogens with zero attached hydrogens (tertiary/aromatic N) is 1. The maximum Gasteiger partial charge on any atom is 0.337 e. The molecule has 26 heavy (non-hydrogen) atoms. The van der Waals surface area contributed by atoms with Gasteiger partial charge in [-0.3, -0.25) is 0 Å². The van der Waals surface area contributed by atoms with E-state index < -0.39 is 5.97 Å². The van der Waals surface area contributed by atoms with Gasteiger partial charge in [0.25, 0.3) is 0 Å². The fraction of sp³-hybridized carbons (Fsp3) is 0.526. The summed E-state index contributed by atoms with van der Waals surface area (Å²) in [6, 6.07) is 4.99. The summed E-state index contributed by atoms with van der Waals surface area (Å²) < 4.78 is 15.6. The van der Waals surface area contributed by atoms with Crippen LogP contribution in [-0.4, -0.2) is 51.1 Å². The molecular weight excluding hydrogens is 358 g/mol. The number of esters is 1. The van der Waals surface area contributed by atoms with Gasteiger partial charge in [0.05, 0.1) is 42.6 Å². The predicted octanol–water partition coefficient (Wildman–Crippen LogP) is 3.73. The highest BCUT2D eigenvalue weighted by Gasteiger charge is 2.32. The summed E-state index contributed by atoms with van der Waals surface area (Å²) in [5.74, 6) is 0.250. The molecule has 6 nitrogen and oxygen atoms in total. The van der Waals surface area contributed by atoms with Crippen LogP contribution in [0.3, 0.4) is 0 Å². The predicted molar refractivity (Wildman–Crippen MR) is 101 cm³/mol. The normalized spacial score (nSPS) is 17.2. The number of rotatable bonds is 8. The van der Waals surface area contributed by atoms with Crippen LogP contribution in [0.4, 0.5) is 5.69 Å². The molecule has 0 saturated carbocycles. The van der Waals surface area contributed by atoms with Crippen molar-refractivity contribution in [2.24, 2.45) is 0 Å². The Bertz CT molecular complexity index is 661. The van der Waals surface area contributed by atoms with Crippen molar-refractivity contribution in [1.82, 2.24) is 0 Å². The number of carbonyl (C=O) groups excluding carboxylic acids is 1. The van der Waals surface area contributed by atoms with Gasteiger partial charge in [0.1, 0.15) is 11.5 Å². The molecule has 1 unspecified atom stereocenters. The van der Waals surface area contributed by atoms with Gasteiger partial charge in [-0.05, 0) is 38.3 Å². The third-order valence-corrected chi connectivity index (χ3v) is 4.75. The molecule has 1 atom stereocenters. The van der Waals surface area contributed by atoms with Crippen LogP contribution < -0.4 is 9.64 Å². The van der Waals surface area contributed by atoms with E-state index in [0.29, 0.717) is 42.3 Å². The highest BCUT2D eigenvalue weighted by molar-refractivity contribution is 6.33. The third-order valence-electron chi connectivity index (χ3n) is 4.43. The maximum absolute atomic E-state index is 12.2. The Kier molecular flexibility index (Phi) is 7.60. The van der Waals surface area contributed by atoms with Crippen LogP contribution in [0.5, 0.6) is 5.75 Å². The second-order valence-electron chi connectivity index (χ2n) is 6.00. The SMILES string of the molecule is CCOC(=O)C1=C(O)C(N(CCOC)c2cc(OC)ccc2Cl)CCC1. The first-order chi connectivity index (χ1) is 12.5. The van der Waals surface area contributed by atoms with Crippen LogP contribution in [0.15, 0.2) is 29.5 Å². The van der Waals surface area contributed by atoms with Crippen molar-refractivity contribution < 1.29 is 24.1 Å². The lowest BCUT2D eigenvalue weighted by Crippen LogP contribution is -2.42.